The summed E-state index contributed by atoms with van der Waals surface area (Å²) >= 11 is 0. The lowest BCUT2D eigenvalue weighted by molar-refractivity contribution is -0.128. The summed E-state index contributed by atoms with van der Waals surface area (Å²) in [7, 11) is -1.97. The summed E-state index contributed by atoms with van der Waals surface area (Å²) in [5.41, 5.74) is 2.34. The van der Waals surface area contributed by atoms with Crippen LogP contribution in [0.3, 0.4) is 0 Å². The van der Waals surface area contributed by atoms with Crippen LogP contribution in [0.5, 0.6) is 0 Å². The minimum Gasteiger partial charge on any atom is -0.348 e. The molecule has 0 aliphatic carbocycles. The van der Waals surface area contributed by atoms with Gasteiger partial charge < -0.3 is 10.2 Å². The molecule has 2 amide bonds. The topological polar surface area (TPSA) is 86.8 Å². The lowest BCUT2D eigenvalue weighted by atomic mass is 10.1. The van der Waals surface area contributed by atoms with E-state index in [-0.39, 0.29) is 22.8 Å². The van der Waals surface area contributed by atoms with Crippen LogP contribution in [0.25, 0.3) is 0 Å². The fourth-order valence-corrected chi connectivity index (χ4v) is 4.73. The van der Waals surface area contributed by atoms with Crippen LogP contribution in [0.15, 0.2) is 53.4 Å². The molecule has 2 aromatic carbocycles. The highest BCUT2D eigenvalue weighted by Crippen LogP contribution is 2.18. The molecule has 0 aromatic heterocycles. The molecule has 8 heteroatoms. The highest BCUT2D eigenvalue weighted by molar-refractivity contribution is 7.89. The highest BCUT2D eigenvalue weighted by atomic mass is 32.2. The van der Waals surface area contributed by atoms with E-state index in [1.807, 2.05) is 30.9 Å². The molecule has 0 unspecified atom stereocenters. The summed E-state index contributed by atoms with van der Waals surface area (Å²) in [5, 5.41) is 2.85. The Hall–Kier alpha value is -2.71. The van der Waals surface area contributed by atoms with Gasteiger partial charge in [-0.05, 0) is 55.7 Å². The van der Waals surface area contributed by atoms with Crippen LogP contribution in [-0.2, 0) is 27.9 Å². The summed E-state index contributed by atoms with van der Waals surface area (Å²) in [4.78, 5) is 26.2. The number of nitrogens with one attached hydrogen (secondary N) is 1. The molecular weight excluding hydrogens is 414 g/mol. The van der Waals surface area contributed by atoms with E-state index in [9.17, 15) is 18.0 Å². The Kier molecular flexibility index (Phi) is 7.12. The van der Waals surface area contributed by atoms with Crippen molar-refractivity contribution in [2.75, 3.05) is 13.6 Å². The Labute approximate surface area is 184 Å². The zero-order valence-electron chi connectivity index (χ0n) is 18.2. The third kappa shape index (κ3) is 5.51. The quantitative estimate of drug-likeness (QED) is 0.680. The first-order valence-corrected chi connectivity index (χ1v) is 11.8. The van der Waals surface area contributed by atoms with E-state index in [4.69, 9.17) is 0 Å². The minimum atomic E-state index is -3.52. The average molecular weight is 444 g/mol. The summed E-state index contributed by atoms with van der Waals surface area (Å²) in [6.07, 6.45) is 1.52. The maximum absolute atomic E-state index is 12.5. The molecule has 0 radical (unpaired) electrons. The Morgan fingerprint density at radius 3 is 2.23 bits per heavy atom. The summed E-state index contributed by atoms with van der Waals surface area (Å²) in [6, 6.07) is 13.6. The smallest absolute Gasteiger partial charge is 0.251 e. The van der Waals surface area contributed by atoms with Gasteiger partial charge >= 0.3 is 0 Å². The molecule has 1 aliphatic heterocycles. The number of hydrogen-bond donors (Lipinski definition) is 1. The zero-order chi connectivity index (χ0) is 22.6. The predicted molar refractivity (Wildman–Crippen MR) is 119 cm³/mol. The predicted octanol–water partition coefficient (Wildman–Crippen LogP) is 2.77. The first-order valence-electron chi connectivity index (χ1n) is 10.4. The number of rotatable bonds is 8. The van der Waals surface area contributed by atoms with E-state index in [0.29, 0.717) is 25.1 Å². The van der Waals surface area contributed by atoms with Gasteiger partial charge in [-0.15, -0.1) is 0 Å². The molecule has 7 nitrogen and oxygen atoms in total. The van der Waals surface area contributed by atoms with Crippen molar-refractivity contribution >= 4 is 21.8 Å². The summed E-state index contributed by atoms with van der Waals surface area (Å²) < 4.78 is 26.4. The molecular formula is C23H29N3O4S. The van der Waals surface area contributed by atoms with Crippen molar-refractivity contribution in [2.24, 2.45) is 0 Å². The number of amides is 2. The van der Waals surface area contributed by atoms with Gasteiger partial charge in [-0.2, -0.15) is 4.31 Å². The van der Waals surface area contributed by atoms with Crippen molar-refractivity contribution < 1.29 is 18.0 Å². The van der Waals surface area contributed by atoms with Crippen molar-refractivity contribution in [2.45, 2.75) is 50.7 Å². The molecule has 1 aliphatic rings. The monoisotopic (exact) mass is 443 g/mol. The normalized spacial score (nSPS) is 14.5. The standard InChI is InChI=1S/C23H29N3O4S/c1-17(2)25(3)31(29,30)21-12-8-18(9-13-21)15-24-23(28)20-10-6-19(7-11-20)16-26-14-4-5-22(26)27/h6-13,17H,4-5,14-16H2,1-3H3,(H,24,28). The van der Waals surface area contributed by atoms with Crippen LogP contribution in [0.4, 0.5) is 0 Å². The molecule has 166 valence electrons. The van der Waals surface area contributed by atoms with Crippen molar-refractivity contribution in [3.8, 4) is 0 Å². The first-order chi connectivity index (χ1) is 14.7. The van der Waals surface area contributed by atoms with Crippen LogP contribution in [0, 0.1) is 0 Å². The van der Waals surface area contributed by atoms with E-state index in [2.05, 4.69) is 5.32 Å². The van der Waals surface area contributed by atoms with Gasteiger partial charge in [0.15, 0.2) is 0 Å². The van der Waals surface area contributed by atoms with Crippen molar-refractivity contribution in [1.82, 2.24) is 14.5 Å². The van der Waals surface area contributed by atoms with Gasteiger partial charge in [0.05, 0.1) is 4.90 Å². The van der Waals surface area contributed by atoms with Crippen LogP contribution < -0.4 is 5.32 Å². The largest absolute Gasteiger partial charge is 0.348 e. The van der Waals surface area contributed by atoms with Gasteiger partial charge in [-0.1, -0.05) is 24.3 Å². The van der Waals surface area contributed by atoms with E-state index >= 15 is 0 Å². The second-order valence-electron chi connectivity index (χ2n) is 8.06. The summed E-state index contributed by atoms with van der Waals surface area (Å²) in [6.45, 7) is 5.29. The minimum absolute atomic E-state index is 0.133. The number of carbonyl (C=O) groups is 2. The molecule has 2 aromatic rings. The second-order valence-corrected chi connectivity index (χ2v) is 10.1. The van der Waals surface area contributed by atoms with Gasteiger partial charge in [0.25, 0.3) is 5.91 Å². The van der Waals surface area contributed by atoms with E-state index in [0.717, 1.165) is 24.1 Å². The van der Waals surface area contributed by atoms with Crippen molar-refractivity contribution in [1.29, 1.82) is 0 Å². The molecule has 0 atom stereocenters. The van der Waals surface area contributed by atoms with E-state index < -0.39 is 10.0 Å². The highest BCUT2D eigenvalue weighted by Gasteiger charge is 2.23. The number of hydrogen-bond acceptors (Lipinski definition) is 4. The molecule has 1 heterocycles. The molecule has 0 bridgehead atoms. The zero-order valence-corrected chi connectivity index (χ0v) is 19.0. The van der Waals surface area contributed by atoms with Crippen molar-refractivity contribution in [3.63, 3.8) is 0 Å². The van der Waals surface area contributed by atoms with Gasteiger partial charge in [0.1, 0.15) is 0 Å². The lowest BCUT2D eigenvalue weighted by Gasteiger charge is -2.21. The molecule has 1 saturated heterocycles. The van der Waals surface area contributed by atoms with Gasteiger partial charge in [0, 0.05) is 44.7 Å². The number of carbonyl (C=O) groups excluding carboxylic acids is 2. The van der Waals surface area contributed by atoms with Crippen LogP contribution in [0.1, 0.15) is 48.2 Å². The Morgan fingerprint density at radius 2 is 1.68 bits per heavy atom. The third-order valence-electron chi connectivity index (χ3n) is 5.54. The molecule has 1 fully saturated rings. The molecule has 1 N–H and O–H groups in total. The van der Waals surface area contributed by atoms with E-state index in [1.165, 1.54) is 4.31 Å². The average Bonchev–Trinajstić information content (AvgIpc) is 3.16. The number of benzene rings is 2. The van der Waals surface area contributed by atoms with Gasteiger partial charge in [0.2, 0.25) is 15.9 Å². The maximum atomic E-state index is 12.5. The number of sulfonamides is 1. The number of nitrogens with zero attached hydrogens (tertiary/aromatic N) is 2. The number of likely N-dealkylation sites (tertiary alicyclic amines) is 1. The van der Waals surface area contributed by atoms with Crippen LogP contribution in [-0.4, -0.2) is 49.1 Å². The third-order valence-corrected chi connectivity index (χ3v) is 7.59. The molecule has 0 spiro atoms. The maximum Gasteiger partial charge on any atom is 0.251 e. The molecule has 0 saturated carbocycles. The Bertz CT molecular complexity index is 1030. The fraction of sp³-hybridized carbons (Fsp3) is 0.391. The fourth-order valence-electron chi connectivity index (χ4n) is 3.36. The first kappa shape index (κ1) is 23.0. The van der Waals surface area contributed by atoms with E-state index in [1.54, 1.807) is 43.4 Å². The van der Waals surface area contributed by atoms with Crippen LogP contribution >= 0.6 is 0 Å². The SMILES string of the molecule is CC(C)N(C)S(=O)(=O)c1ccc(CNC(=O)c2ccc(CN3CCCC3=O)cc2)cc1. The molecule has 31 heavy (non-hydrogen) atoms. The summed E-state index contributed by atoms with van der Waals surface area (Å²) in [5.74, 6) is -0.0310. The van der Waals surface area contributed by atoms with Gasteiger partial charge in [-0.25, -0.2) is 8.42 Å². The van der Waals surface area contributed by atoms with Crippen LogP contribution in [0.2, 0.25) is 0 Å². The lowest BCUT2D eigenvalue weighted by Crippen LogP contribution is -2.33. The Balaban J connectivity index is 1.56. The second kappa shape index (κ2) is 9.62. The van der Waals surface area contributed by atoms with Gasteiger partial charge in [-0.3, -0.25) is 9.59 Å². The van der Waals surface area contributed by atoms with Crippen molar-refractivity contribution in [3.05, 3.63) is 65.2 Å². The molecule has 3 rings (SSSR count). The Morgan fingerprint density at radius 1 is 1.06 bits per heavy atom.